The highest BCUT2D eigenvalue weighted by Gasteiger charge is 2.51. The molecule has 138 valence electrons. The van der Waals surface area contributed by atoms with E-state index in [0.717, 1.165) is 6.92 Å². The number of fused-ring (bicyclic) bond motifs is 1. The van der Waals surface area contributed by atoms with Crippen LogP contribution in [0.1, 0.15) is 18.1 Å². The van der Waals surface area contributed by atoms with E-state index in [-0.39, 0.29) is 15.5 Å². The molecule has 1 unspecified atom stereocenters. The molecule has 0 saturated carbocycles. The summed E-state index contributed by atoms with van der Waals surface area (Å²) in [6.07, 6.45) is 0. The number of rotatable bonds is 3. The van der Waals surface area contributed by atoms with E-state index in [9.17, 15) is 21.4 Å². The van der Waals surface area contributed by atoms with Gasteiger partial charge < -0.3 is 5.73 Å². The third kappa shape index (κ3) is 2.54. The summed E-state index contributed by atoms with van der Waals surface area (Å²) in [5, 5.41) is 0.345. The Labute approximate surface area is 151 Å². The number of hydrogen-bond donors (Lipinski definition) is 2. The van der Waals surface area contributed by atoms with Crippen molar-refractivity contribution in [1.82, 2.24) is 0 Å². The van der Waals surface area contributed by atoms with E-state index in [1.807, 2.05) is 0 Å². The van der Waals surface area contributed by atoms with Gasteiger partial charge in [0.2, 0.25) is 14.7 Å². The molecule has 0 aromatic heterocycles. The summed E-state index contributed by atoms with van der Waals surface area (Å²) >= 11 is 0. The van der Waals surface area contributed by atoms with Gasteiger partial charge in [-0.15, -0.1) is 0 Å². The molecule has 0 saturated heterocycles. The van der Waals surface area contributed by atoms with Gasteiger partial charge in [0.25, 0.3) is 10.1 Å². The summed E-state index contributed by atoms with van der Waals surface area (Å²) in [6.45, 7) is 4.31. The molecular formula is C17H18N2O5S2. The lowest BCUT2D eigenvalue weighted by molar-refractivity contribution is 0.458. The molecule has 1 aliphatic rings. The number of nitrogens with two attached hydrogens (primary N) is 1. The minimum Gasteiger partial charge on any atom is -0.399 e. The van der Waals surface area contributed by atoms with Crippen LogP contribution in [0.3, 0.4) is 0 Å². The van der Waals surface area contributed by atoms with E-state index in [0.29, 0.717) is 16.8 Å². The monoisotopic (exact) mass is 394 g/mol. The Hall–Kier alpha value is -2.23. The van der Waals surface area contributed by atoms with Crippen molar-refractivity contribution < 1.29 is 21.4 Å². The number of benzene rings is 2. The molecule has 1 aliphatic heterocycles. The molecule has 0 spiro atoms. The number of nitrogen functional groups attached to an aromatic ring is 1. The first-order valence-electron chi connectivity index (χ1n) is 7.68. The molecule has 0 radical (unpaired) electrons. The van der Waals surface area contributed by atoms with E-state index in [4.69, 9.17) is 5.73 Å². The van der Waals surface area contributed by atoms with Crippen LogP contribution in [0.15, 0.2) is 46.3 Å². The second-order valence-electron chi connectivity index (χ2n) is 6.39. The number of para-hydroxylation sites is 1. The van der Waals surface area contributed by atoms with Gasteiger partial charge in [0.05, 0.1) is 10.3 Å². The molecule has 1 atom stereocenters. The van der Waals surface area contributed by atoms with E-state index in [1.54, 1.807) is 26.0 Å². The first-order valence-corrected chi connectivity index (χ1v) is 10.6. The zero-order valence-electron chi connectivity index (χ0n) is 14.4. The van der Waals surface area contributed by atoms with E-state index >= 15 is 0 Å². The van der Waals surface area contributed by atoms with E-state index in [1.165, 1.54) is 24.3 Å². The van der Waals surface area contributed by atoms with Crippen molar-refractivity contribution in [1.29, 1.82) is 0 Å². The van der Waals surface area contributed by atoms with Crippen molar-refractivity contribution in [3.8, 4) is 0 Å². The molecule has 0 aliphatic carbocycles. The average molecular weight is 394 g/mol. The summed E-state index contributed by atoms with van der Waals surface area (Å²) in [4.78, 5) is 1.17. The lowest BCUT2D eigenvalue weighted by Crippen LogP contribution is -2.37. The largest absolute Gasteiger partial charge is 0.399 e. The number of sulfone groups is 1. The van der Waals surface area contributed by atoms with Crippen LogP contribution in [0.4, 0.5) is 5.69 Å². The summed E-state index contributed by atoms with van der Waals surface area (Å²) in [5.74, 6) is 0. The molecule has 9 heteroatoms. The third-order valence-corrected chi connectivity index (χ3v) is 8.13. The smallest absolute Gasteiger partial charge is 0.296 e. The maximum atomic E-state index is 13.4. The van der Waals surface area contributed by atoms with Crippen molar-refractivity contribution in [3.63, 3.8) is 0 Å². The minimum absolute atomic E-state index is 0.0685. The quantitative estimate of drug-likeness (QED) is 0.583. The Kier molecular flexibility index (Phi) is 4.02. The summed E-state index contributed by atoms with van der Waals surface area (Å²) in [6, 6.07) is 9.09. The maximum Gasteiger partial charge on any atom is 0.296 e. The minimum atomic E-state index is -4.85. The van der Waals surface area contributed by atoms with Gasteiger partial charge in [0.15, 0.2) is 0 Å². The normalized spacial score (nSPS) is 19.9. The number of aryl methyl sites for hydroxylation is 2. The fraction of sp³-hybridized carbons (Fsp3) is 0.235. The van der Waals surface area contributed by atoms with Gasteiger partial charge in [-0.05, 0) is 50.1 Å². The summed E-state index contributed by atoms with van der Waals surface area (Å²) < 4.78 is 60.8. The van der Waals surface area contributed by atoms with E-state index in [2.05, 4.69) is 4.99 Å². The lowest BCUT2D eigenvalue weighted by Gasteiger charge is -2.23. The Bertz CT molecular complexity index is 1260. The summed E-state index contributed by atoms with van der Waals surface area (Å²) in [5.41, 5.74) is 7.19. The van der Waals surface area contributed by atoms with Crippen molar-refractivity contribution in [2.45, 2.75) is 30.5 Å². The molecular weight excluding hydrogens is 376 g/mol. The van der Waals surface area contributed by atoms with Gasteiger partial charge in [-0.3, -0.25) is 9.55 Å². The molecule has 3 N–H and O–H groups in total. The van der Waals surface area contributed by atoms with Crippen molar-refractivity contribution in [2.75, 3.05) is 5.73 Å². The van der Waals surface area contributed by atoms with Crippen LogP contribution in [0.25, 0.3) is 4.91 Å². The molecule has 0 amide bonds. The second-order valence-corrected chi connectivity index (χ2v) is 9.99. The van der Waals surface area contributed by atoms with Crippen LogP contribution >= 0.6 is 0 Å². The Morgan fingerprint density at radius 3 is 2.27 bits per heavy atom. The fourth-order valence-corrected chi connectivity index (χ4v) is 6.32. The number of nitrogens with zero attached hydrogens (tertiary/aromatic N) is 1. The van der Waals surface area contributed by atoms with Gasteiger partial charge in [-0.1, -0.05) is 18.2 Å². The molecule has 0 fully saturated rings. The van der Waals surface area contributed by atoms with Gasteiger partial charge in [0.1, 0.15) is 4.91 Å². The summed E-state index contributed by atoms with van der Waals surface area (Å²) in [7, 11) is -9.13. The number of hydrogen-bond acceptors (Lipinski definition) is 6. The topological polar surface area (TPSA) is 127 Å². The van der Waals surface area contributed by atoms with Gasteiger partial charge in [-0.25, -0.2) is 8.42 Å². The highest BCUT2D eigenvalue weighted by Crippen LogP contribution is 2.38. The van der Waals surface area contributed by atoms with Gasteiger partial charge in [0, 0.05) is 10.9 Å². The molecule has 2 aromatic carbocycles. The van der Waals surface area contributed by atoms with Crippen LogP contribution in [-0.4, -0.2) is 26.3 Å². The average Bonchev–Trinajstić information content (AvgIpc) is 2.84. The van der Waals surface area contributed by atoms with Crippen LogP contribution in [-0.2, 0) is 20.0 Å². The third-order valence-electron chi connectivity index (χ3n) is 4.53. The SMILES string of the molecule is Cc1cc(S(=O)(=O)C2=c3ccccc3=NC2(C)S(=O)(=O)O)c(C)cc1N. The van der Waals surface area contributed by atoms with Crippen molar-refractivity contribution >= 4 is 30.5 Å². The Balaban J connectivity index is 2.48. The molecule has 7 nitrogen and oxygen atoms in total. The highest BCUT2D eigenvalue weighted by molar-refractivity contribution is 8.02. The van der Waals surface area contributed by atoms with Crippen LogP contribution < -0.4 is 16.3 Å². The fourth-order valence-electron chi connectivity index (χ4n) is 3.07. The van der Waals surface area contributed by atoms with Crippen molar-refractivity contribution in [2.24, 2.45) is 4.99 Å². The highest BCUT2D eigenvalue weighted by atomic mass is 32.2. The molecule has 26 heavy (non-hydrogen) atoms. The Morgan fingerprint density at radius 2 is 1.65 bits per heavy atom. The first-order chi connectivity index (χ1) is 11.9. The molecule has 2 aromatic rings. The van der Waals surface area contributed by atoms with Gasteiger partial charge in [-0.2, -0.15) is 8.42 Å². The number of anilines is 1. The molecule has 3 rings (SSSR count). The van der Waals surface area contributed by atoms with Crippen LogP contribution in [0, 0.1) is 13.8 Å². The maximum absolute atomic E-state index is 13.4. The molecule has 0 bridgehead atoms. The predicted molar refractivity (Wildman–Crippen MR) is 98.1 cm³/mol. The van der Waals surface area contributed by atoms with Gasteiger partial charge >= 0.3 is 0 Å². The zero-order valence-corrected chi connectivity index (χ0v) is 16.0. The van der Waals surface area contributed by atoms with Crippen LogP contribution in [0.5, 0.6) is 0 Å². The first kappa shape index (κ1) is 18.6. The lowest BCUT2D eigenvalue weighted by atomic mass is 10.1. The van der Waals surface area contributed by atoms with Crippen LogP contribution in [0.2, 0.25) is 0 Å². The second kappa shape index (κ2) is 5.63. The zero-order chi connectivity index (χ0) is 19.5. The Morgan fingerprint density at radius 1 is 1.04 bits per heavy atom. The van der Waals surface area contributed by atoms with Crippen molar-refractivity contribution in [3.05, 3.63) is 58.1 Å². The predicted octanol–water partition coefficient (Wildman–Crippen LogP) is 0.705. The van der Waals surface area contributed by atoms with E-state index < -0.39 is 29.7 Å². The molecule has 1 heterocycles. The standard InChI is InChI=1S/C17H18N2O5S2/c1-10-9-15(11(2)8-13(10)18)25(20,21)16-12-6-4-5-7-14(12)19-17(16,3)26(22,23)24/h4-9H,18H2,1-3H3,(H,22,23,24).